The molecule has 1 unspecified atom stereocenters. The molecular weight excluding hydrogens is 510 g/mol. The third kappa shape index (κ3) is 7.34. The van der Waals surface area contributed by atoms with Crippen molar-refractivity contribution in [3.8, 4) is 0 Å². The lowest BCUT2D eigenvalue weighted by atomic mass is 10.1. The smallest absolute Gasteiger partial charge is 0.251 e. The number of aliphatic imine (C=N–C) groups is 1. The predicted molar refractivity (Wildman–Crippen MR) is 133 cm³/mol. The van der Waals surface area contributed by atoms with Crippen LogP contribution in [0.25, 0.3) is 0 Å². The van der Waals surface area contributed by atoms with Crippen molar-refractivity contribution >= 4 is 41.7 Å². The lowest BCUT2D eigenvalue weighted by Crippen LogP contribution is -2.45. The maximum absolute atomic E-state index is 14.0. The van der Waals surface area contributed by atoms with Crippen LogP contribution in [0.3, 0.4) is 0 Å². The Balaban J connectivity index is 0.00000341. The van der Waals surface area contributed by atoms with Gasteiger partial charge in [-0.15, -0.1) is 24.0 Å². The Hall–Kier alpha value is -2.43. The van der Waals surface area contributed by atoms with Gasteiger partial charge < -0.3 is 20.9 Å². The normalized spacial score (nSPS) is 15.9. The molecule has 2 aromatic rings. The minimum Gasteiger partial charge on any atom is -0.357 e. The molecule has 0 bridgehead atoms. The van der Waals surface area contributed by atoms with Crippen molar-refractivity contribution in [3.05, 3.63) is 59.5 Å². The first-order chi connectivity index (χ1) is 14.6. The van der Waals surface area contributed by atoms with Gasteiger partial charge in [-0.2, -0.15) is 0 Å². The molecule has 2 heterocycles. The van der Waals surface area contributed by atoms with E-state index in [4.69, 9.17) is 0 Å². The first-order valence-corrected chi connectivity index (χ1v) is 10.3. The zero-order valence-electron chi connectivity index (χ0n) is 17.9. The van der Waals surface area contributed by atoms with Gasteiger partial charge in [0, 0.05) is 44.0 Å². The molecule has 9 heteroatoms. The Morgan fingerprint density at radius 3 is 2.87 bits per heavy atom. The highest BCUT2D eigenvalue weighted by molar-refractivity contribution is 14.0. The van der Waals surface area contributed by atoms with Gasteiger partial charge in [0.15, 0.2) is 17.6 Å². The van der Waals surface area contributed by atoms with Crippen LogP contribution < -0.4 is 20.9 Å². The predicted octanol–water partition coefficient (Wildman–Crippen LogP) is 2.71. The number of carbonyl (C=O) groups is 1. The number of anilines is 1. The largest absolute Gasteiger partial charge is 0.357 e. The van der Waals surface area contributed by atoms with E-state index in [0.717, 1.165) is 25.1 Å². The summed E-state index contributed by atoms with van der Waals surface area (Å²) in [5.41, 5.74) is 1.70. The number of nitrogens with zero attached hydrogens (tertiary/aromatic N) is 3. The fraction of sp³-hybridized carbons (Fsp3) is 0.409. The summed E-state index contributed by atoms with van der Waals surface area (Å²) in [4.78, 5) is 22.9. The fourth-order valence-corrected chi connectivity index (χ4v) is 3.42. The summed E-state index contributed by atoms with van der Waals surface area (Å²) in [7, 11) is 0. The number of amides is 1. The number of benzene rings is 1. The topological polar surface area (TPSA) is 81.6 Å². The van der Waals surface area contributed by atoms with E-state index in [-0.39, 0.29) is 41.7 Å². The molecule has 168 valence electrons. The molecule has 1 fully saturated rings. The van der Waals surface area contributed by atoms with Gasteiger partial charge in [0.25, 0.3) is 5.91 Å². The second-order valence-corrected chi connectivity index (χ2v) is 7.27. The van der Waals surface area contributed by atoms with Crippen LogP contribution in [0.1, 0.15) is 29.3 Å². The van der Waals surface area contributed by atoms with E-state index in [1.54, 1.807) is 18.3 Å². The van der Waals surface area contributed by atoms with Crippen LogP contribution in [-0.2, 0) is 0 Å². The molecular formula is C22H30FIN6O. The van der Waals surface area contributed by atoms with Crippen LogP contribution in [0.2, 0.25) is 0 Å². The zero-order valence-corrected chi connectivity index (χ0v) is 20.2. The highest BCUT2D eigenvalue weighted by Gasteiger charge is 2.25. The third-order valence-corrected chi connectivity index (χ3v) is 4.86. The standard InChI is InChI=1S/C22H29FN6O.HI/c1-3-24-22(27-12-11-26-21(30)17-7-4-6-16(2)14-17)28-18-9-13-29(15-18)20-19(23)8-5-10-25-20;/h4-8,10,14,18H,3,9,11-13,15H2,1-2H3,(H,26,30)(H2,24,27,28);1H. The zero-order chi connectivity index (χ0) is 21.3. The van der Waals surface area contributed by atoms with E-state index >= 15 is 0 Å². The van der Waals surface area contributed by atoms with Crippen LogP contribution in [0.15, 0.2) is 47.6 Å². The summed E-state index contributed by atoms with van der Waals surface area (Å²) in [6.07, 6.45) is 2.47. The van der Waals surface area contributed by atoms with E-state index in [2.05, 4.69) is 25.9 Å². The van der Waals surface area contributed by atoms with E-state index in [9.17, 15) is 9.18 Å². The second-order valence-electron chi connectivity index (χ2n) is 7.27. The summed E-state index contributed by atoms with van der Waals surface area (Å²) < 4.78 is 14.0. The molecule has 1 saturated heterocycles. The Morgan fingerprint density at radius 1 is 1.29 bits per heavy atom. The summed E-state index contributed by atoms with van der Waals surface area (Å²) in [5.74, 6) is 0.678. The lowest BCUT2D eigenvalue weighted by molar-refractivity contribution is 0.0954. The van der Waals surface area contributed by atoms with Gasteiger partial charge in [-0.25, -0.2) is 9.37 Å². The average molecular weight is 540 g/mol. The van der Waals surface area contributed by atoms with Crippen molar-refractivity contribution in [2.75, 3.05) is 37.6 Å². The van der Waals surface area contributed by atoms with Crippen LogP contribution in [0, 0.1) is 12.7 Å². The number of halogens is 2. The molecule has 0 saturated carbocycles. The molecule has 1 amide bonds. The average Bonchev–Trinajstić information content (AvgIpc) is 3.19. The van der Waals surface area contributed by atoms with Crippen LogP contribution in [0.5, 0.6) is 0 Å². The molecule has 3 N–H and O–H groups in total. The van der Waals surface area contributed by atoms with Crippen LogP contribution in [-0.4, -0.2) is 55.6 Å². The van der Waals surface area contributed by atoms with E-state index < -0.39 is 0 Å². The molecule has 7 nitrogen and oxygen atoms in total. The van der Waals surface area contributed by atoms with Crippen molar-refractivity contribution in [3.63, 3.8) is 0 Å². The number of hydrogen-bond donors (Lipinski definition) is 3. The minimum absolute atomic E-state index is 0. The summed E-state index contributed by atoms with van der Waals surface area (Å²) in [6.45, 7) is 6.98. The molecule has 3 rings (SSSR count). The van der Waals surface area contributed by atoms with Crippen molar-refractivity contribution in [2.24, 2.45) is 4.99 Å². The number of guanidine groups is 1. The summed E-state index contributed by atoms with van der Waals surface area (Å²) in [5, 5.41) is 9.51. The molecule has 31 heavy (non-hydrogen) atoms. The SMILES string of the molecule is CCNC(=NCCNC(=O)c1cccc(C)c1)NC1CCN(c2ncccc2F)C1.I. The van der Waals surface area contributed by atoms with Crippen molar-refractivity contribution in [1.82, 2.24) is 20.9 Å². The number of aromatic nitrogens is 1. The Morgan fingerprint density at radius 2 is 2.13 bits per heavy atom. The highest BCUT2D eigenvalue weighted by Crippen LogP contribution is 2.20. The van der Waals surface area contributed by atoms with Gasteiger partial charge in [0.1, 0.15) is 0 Å². The molecule has 0 radical (unpaired) electrons. The van der Waals surface area contributed by atoms with Crippen LogP contribution >= 0.6 is 24.0 Å². The van der Waals surface area contributed by atoms with E-state index in [0.29, 0.717) is 37.0 Å². The van der Waals surface area contributed by atoms with Gasteiger partial charge in [0.05, 0.1) is 6.54 Å². The van der Waals surface area contributed by atoms with Gasteiger partial charge in [-0.3, -0.25) is 9.79 Å². The molecule has 1 aromatic heterocycles. The first kappa shape index (κ1) is 24.8. The summed E-state index contributed by atoms with van der Waals surface area (Å²) in [6, 6.07) is 10.7. The lowest BCUT2D eigenvalue weighted by Gasteiger charge is -2.20. The number of pyridine rings is 1. The fourth-order valence-electron chi connectivity index (χ4n) is 3.42. The van der Waals surface area contributed by atoms with E-state index in [1.807, 2.05) is 36.9 Å². The number of hydrogen-bond acceptors (Lipinski definition) is 4. The number of rotatable bonds is 7. The Labute approximate surface area is 199 Å². The van der Waals surface area contributed by atoms with Gasteiger partial charge in [-0.1, -0.05) is 17.7 Å². The van der Waals surface area contributed by atoms with E-state index in [1.165, 1.54) is 6.07 Å². The first-order valence-electron chi connectivity index (χ1n) is 10.3. The number of aryl methyl sites for hydroxylation is 1. The molecule has 1 aromatic carbocycles. The van der Waals surface area contributed by atoms with Crippen molar-refractivity contribution in [1.29, 1.82) is 0 Å². The second kappa shape index (κ2) is 12.4. The molecule has 1 aliphatic rings. The highest BCUT2D eigenvalue weighted by atomic mass is 127. The summed E-state index contributed by atoms with van der Waals surface area (Å²) >= 11 is 0. The maximum Gasteiger partial charge on any atom is 0.251 e. The van der Waals surface area contributed by atoms with Gasteiger partial charge in [-0.05, 0) is 44.5 Å². The molecule has 0 spiro atoms. The van der Waals surface area contributed by atoms with Crippen molar-refractivity contribution < 1.29 is 9.18 Å². The third-order valence-electron chi connectivity index (χ3n) is 4.86. The maximum atomic E-state index is 14.0. The Kier molecular flexibility index (Phi) is 9.96. The minimum atomic E-state index is -0.303. The van der Waals surface area contributed by atoms with Gasteiger partial charge in [0.2, 0.25) is 0 Å². The molecule has 1 aliphatic heterocycles. The van der Waals surface area contributed by atoms with Gasteiger partial charge >= 0.3 is 0 Å². The van der Waals surface area contributed by atoms with Crippen LogP contribution in [0.4, 0.5) is 10.2 Å². The molecule has 0 aliphatic carbocycles. The Bertz CT molecular complexity index is 894. The molecule has 1 atom stereocenters. The quantitative estimate of drug-likeness (QED) is 0.218. The monoisotopic (exact) mass is 540 g/mol. The van der Waals surface area contributed by atoms with Crippen molar-refractivity contribution in [2.45, 2.75) is 26.3 Å². The number of nitrogens with one attached hydrogen (secondary N) is 3. The number of carbonyl (C=O) groups excluding carboxylic acids is 1.